The molecule has 12 heteroatoms. The molecule has 1 aromatic heterocycles. The van der Waals surface area contributed by atoms with Crippen LogP contribution >= 0.6 is 24.0 Å². The number of hydrogen-bond acceptors (Lipinski definition) is 8. The SMILES string of the molecule is COc1ccc(-c2nn(-c3ccccc3)cc2C=C2SC(=S)N(NC(=O)c3ccc(C)cc3)C2=O)cc1[N+](=O)[O-]. The predicted octanol–water partition coefficient (Wildman–Crippen LogP) is 5.31. The van der Waals surface area contributed by atoms with Gasteiger partial charge >= 0.3 is 5.69 Å². The molecule has 1 fully saturated rings. The number of nitrogens with zero attached hydrogens (tertiary/aromatic N) is 4. The molecule has 200 valence electrons. The van der Waals surface area contributed by atoms with E-state index in [0.717, 1.165) is 28.0 Å². The third-order valence-corrected chi connectivity index (χ3v) is 7.32. The highest BCUT2D eigenvalue weighted by Crippen LogP contribution is 2.36. The van der Waals surface area contributed by atoms with Crippen LogP contribution in [0.25, 0.3) is 23.0 Å². The molecule has 1 aliphatic rings. The van der Waals surface area contributed by atoms with Gasteiger partial charge in [0.25, 0.3) is 11.8 Å². The van der Waals surface area contributed by atoms with Crippen molar-refractivity contribution >= 4 is 51.9 Å². The maximum Gasteiger partial charge on any atom is 0.311 e. The van der Waals surface area contributed by atoms with E-state index < -0.39 is 16.7 Å². The maximum absolute atomic E-state index is 13.3. The van der Waals surface area contributed by atoms with E-state index in [0.29, 0.717) is 22.4 Å². The monoisotopic (exact) mass is 571 g/mol. The number of ether oxygens (including phenoxy) is 1. The molecule has 0 radical (unpaired) electrons. The molecule has 1 N–H and O–H groups in total. The quantitative estimate of drug-likeness (QED) is 0.137. The Balaban J connectivity index is 1.52. The van der Waals surface area contributed by atoms with E-state index >= 15 is 0 Å². The van der Waals surface area contributed by atoms with E-state index in [2.05, 4.69) is 10.5 Å². The lowest BCUT2D eigenvalue weighted by atomic mass is 10.1. The van der Waals surface area contributed by atoms with E-state index in [9.17, 15) is 19.7 Å². The van der Waals surface area contributed by atoms with Gasteiger partial charge in [-0.05, 0) is 61.6 Å². The Bertz CT molecular complexity index is 1680. The number of para-hydroxylation sites is 1. The van der Waals surface area contributed by atoms with Crippen molar-refractivity contribution < 1.29 is 19.2 Å². The van der Waals surface area contributed by atoms with E-state index in [-0.39, 0.29) is 20.7 Å². The average Bonchev–Trinajstić information content (AvgIpc) is 3.49. The third-order valence-electron chi connectivity index (χ3n) is 6.02. The van der Waals surface area contributed by atoms with Crippen molar-refractivity contribution in [1.29, 1.82) is 0 Å². The molecular weight excluding hydrogens is 550 g/mol. The minimum atomic E-state index is -0.530. The number of benzene rings is 3. The van der Waals surface area contributed by atoms with Crippen molar-refractivity contribution in [3.8, 4) is 22.7 Å². The first-order valence-corrected chi connectivity index (χ1v) is 13.1. The minimum Gasteiger partial charge on any atom is -0.490 e. The molecule has 0 unspecified atom stereocenters. The first kappa shape index (κ1) is 26.8. The number of methoxy groups -OCH3 is 1. The van der Waals surface area contributed by atoms with Crippen LogP contribution in [0.3, 0.4) is 0 Å². The normalized spacial score (nSPS) is 14.1. The number of carbonyl (C=O) groups excluding carboxylic acids is 2. The lowest BCUT2D eigenvalue weighted by molar-refractivity contribution is -0.385. The molecule has 0 bridgehead atoms. The Labute approximate surface area is 238 Å². The van der Waals surface area contributed by atoms with Gasteiger partial charge in [0.05, 0.1) is 22.6 Å². The van der Waals surface area contributed by atoms with Gasteiger partial charge in [-0.15, -0.1) is 0 Å². The number of carbonyl (C=O) groups is 2. The standard InChI is InChI=1S/C28H21N5O5S2/c1-17-8-10-18(11-9-17)26(34)30-32-27(35)24(40-28(32)39)15-20-16-31(21-6-4-3-5-7-21)29-25(20)19-12-13-23(38-2)22(14-19)33(36)37/h3-16H,1-2H3,(H,30,34). The van der Waals surface area contributed by atoms with Gasteiger partial charge < -0.3 is 4.74 Å². The van der Waals surface area contributed by atoms with Gasteiger partial charge in [-0.1, -0.05) is 47.7 Å². The summed E-state index contributed by atoms with van der Waals surface area (Å²) < 4.78 is 6.92. The topological polar surface area (TPSA) is 120 Å². The molecule has 2 heterocycles. The number of nitro benzene ring substituents is 1. The van der Waals surface area contributed by atoms with Crippen molar-refractivity contribution in [3.63, 3.8) is 0 Å². The Morgan fingerprint density at radius 1 is 1.12 bits per heavy atom. The van der Waals surface area contributed by atoms with Crippen LogP contribution in [0.5, 0.6) is 5.75 Å². The molecule has 4 aromatic rings. The van der Waals surface area contributed by atoms with Gasteiger partial charge in [0.15, 0.2) is 10.1 Å². The minimum absolute atomic E-state index is 0.114. The summed E-state index contributed by atoms with van der Waals surface area (Å²) in [6.45, 7) is 1.91. The first-order valence-electron chi connectivity index (χ1n) is 11.9. The van der Waals surface area contributed by atoms with Gasteiger partial charge in [-0.2, -0.15) is 10.1 Å². The van der Waals surface area contributed by atoms with Crippen LogP contribution in [-0.4, -0.2) is 43.0 Å². The van der Waals surface area contributed by atoms with Crippen LogP contribution < -0.4 is 10.2 Å². The molecule has 0 spiro atoms. The number of aromatic nitrogens is 2. The summed E-state index contributed by atoms with van der Waals surface area (Å²) in [4.78, 5) is 37.4. The zero-order chi connectivity index (χ0) is 28.4. The average molecular weight is 572 g/mol. The van der Waals surface area contributed by atoms with Gasteiger partial charge in [-0.3, -0.25) is 25.1 Å². The summed E-state index contributed by atoms with van der Waals surface area (Å²) in [6.07, 6.45) is 3.33. The van der Waals surface area contributed by atoms with Crippen LogP contribution in [-0.2, 0) is 4.79 Å². The van der Waals surface area contributed by atoms with Crippen LogP contribution in [0.4, 0.5) is 5.69 Å². The number of nitrogens with one attached hydrogen (secondary N) is 1. The summed E-state index contributed by atoms with van der Waals surface area (Å²) in [5.41, 5.74) is 5.88. The molecule has 5 rings (SSSR count). The second-order valence-electron chi connectivity index (χ2n) is 8.68. The van der Waals surface area contributed by atoms with Gasteiger partial charge in [0, 0.05) is 29.0 Å². The second kappa shape index (κ2) is 11.1. The Morgan fingerprint density at radius 3 is 2.52 bits per heavy atom. The van der Waals surface area contributed by atoms with Crippen molar-refractivity contribution in [2.45, 2.75) is 6.92 Å². The number of thiocarbonyl (C=S) groups is 1. The summed E-state index contributed by atoms with van der Waals surface area (Å²) in [5, 5.41) is 17.4. The first-order chi connectivity index (χ1) is 19.2. The van der Waals surface area contributed by atoms with E-state index in [1.807, 2.05) is 37.3 Å². The highest BCUT2D eigenvalue weighted by atomic mass is 32.2. The van der Waals surface area contributed by atoms with Crippen LogP contribution in [0.15, 0.2) is 83.9 Å². The molecule has 0 saturated carbocycles. The lowest BCUT2D eigenvalue weighted by Gasteiger charge is -2.15. The molecule has 1 saturated heterocycles. The summed E-state index contributed by atoms with van der Waals surface area (Å²) in [7, 11) is 1.36. The fourth-order valence-electron chi connectivity index (χ4n) is 3.99. The molecule has 10 nitrogen and oxygen atoms in total. The van der Waals surface area contributed by atoms with E-state index in [4.69, 9.17) is 17.0 Å². The second-order valence-corrected chi connectivity index (χ2v) is 10.4. The molecule has 2 amide bonds. The van der Waals surface area contributed by atoms with Crippen LogP contribution in [0, 0.1) is 17.0 Å². The van der Waals surface area contributed by atoms with E-state index in [1.165, 1.54) is 19.2 Å². The van der Waals surface area contributed by atoms with Crippen LogP contribution in [0.1, 0.15) is 21.5 Å². The fourth-order valence-corrected chi connectivity index (χ4v) is 5.16. The zero-order valence-electron chi connectivity index (χ0n) is 21.2. The number of aryl methyl sites for hydroxylation is 1. The smallest absolute Gasteiger partial charge is 0.311 e. The molecule has 0 aliphatic carbocycles. The number of hydrazine groups is 1. The summed E-state index contributed by atoms with van der Waals surface area (Å²) >= 11 is 6.41. The Kier molecular flexibility index (Phi) is 7.45. The Morgan fingerprint density at radius 2 is 1.85 bits per heavy atom. The third kappa shape index (κ3) is 5.35. The van der Waals surface area contributed by atoms with Crippen molar-refractivity contribution in [2.75, 3.05) is 7.11 Å². The predicted molar refractivity (Wildman–Crippen MR) is 156 cm³/mol. The molecular formula is C28H21N5O5S2. The fraction of sp³-hybridized carbons (Fsp3) is 0.0714. The van der Waals surface area contributed by atoms with Gasteiger partial charge in [-0.25, -0.2) is 4.68 Å². The number of nitro groups is 1. The van der Waals surface area contributed by atoms with Gasteiger partial charge in [0.2, 0.25) is 0 Å². The highest BCUT2D eigenvalue weighted by molar-refractivity contribution is 8.26. The number of rotatable bonds is 7. The van der Waals surface area contributed by atoms with E-state index in [1.54, 1.807) is 47.3 Å². The molecule has 3 aromatic carbocycles. The van der Waals surface area contributed by atoms with Crippen molar-refractivity contribution in [3.05, 3.63) is 111 Å². The maximum atomic E-state index is 13.3. The number of hydrogen-bond donors (Lipinski definition) is 1. The molecule has 1 aliphatic heterocycles. The summed E-state index contributed by atoms with van der Waals surface area (Å²) in [6, 6.07) is 20.8. The summed E-state index contributed by atoms with van der Waals surface area (Å²) in [5.74, 6) is -0.863. The highest BCUT2D eigenvalue weighted by Gasteiger charge is 2.34. The molecule has 40 heavy (non-hydrogen) atoms. The Hall–Kier alpha value is -4.81. The molecule has 0 atom stereocenters. The largest absolute Gasteiger partial charge is 0.490 e. The van der Waals surface area contributed by atoms with Gasteiger partial charge in [0.1, 0.15) is 5.69 Å². The van der Waals surface area contributed by atoms with Crippen molar-refractivity contribution in [2.24, 2.45) is 0 Å². The van der Waals surface area contributed by atoms with Crippen molar-refractivity contribution in [1.82, 2.24) is 20.2 Å². The zero-order valence-corrected chi connectivity index (χ0v) is 22.9. The number of amides is 2. The number of thioether (sulfide) groups is 1. The lowest BCUT2D eigenvalue weighted by Crippen LogP contribution is -2.44. The van der Waals surface area contributed by atoms with Crippen LogP contribution in [0.2, 0.25) is 0 Å².